The van der Waals surface area contributed by atoms with Gasteiger partial charge in [0.15, 0.2) is 12.4 Å². The zero-order chi connectivity index (χ0) is 21.7. The van der Waals surface area contributed by atoms with Gasteiger partial charge in [-0.2, -0.15) is 0 Å². The number of rotatable bonds is 9. The Balaban J connectivity index is 1.80. The third-order valence-electron chi connectivity index (χ3n) is 5.46. The van der Waals surface area contributed by atoms with Crippen LogP contribution in [0.25, 0.3) is 11.0 Å². The minimum atomic E-state index is -0.283. The number of halogens is 1. The van der Waals surface area contributed by atoms with Crippen LogP contribution in [-0.2, 0) is 6.42 Å². The zero-order valence-corrected chi connectivity index (χ0v) is 18.5. The molecule has 0 saturated heterocycles. The molecule has 0 aliphatic carbocycles. The third-order valence-corrected chi connectivity index (χ3v) is 5.71. The van der Waals surface area contributed by atoms with Gasteiger partial charge in [0.2, 0.25) is 0 Å². The second-order valence-corrected chi connectivity index (χ2v) is 8.02. The van der Waals surface area contributed by atoms with Crippen LogP contribution in [0.5, 0.6) is 5.75 Å². The number of hydrogen-bond donors (Lipinski definition) is 0. The molecule has 0 N–H and O–H groups in total. The smallest absolute Gasteiger partial charge is 0.339 e. The lowest BCUT2D eigenvalue weighted by molar-refractivity contribution is 0.0921. The summed E-state index contributed by atoms with van der Waals surface area (Å²) in [6, 6.07) is 10.4. The molecule has 3 rings (SSSR count). The molecular weight excluding hydrogens is 400 g/mol. The van der Waals surface area contributed by atoms with Crippen LogP contribution in [0.1, 0.15) is 59.7 Å². The summed E-state index contributed by atoms with van der Waals surface area (Å²) in [6.45, 7) is 5.87. The SMILES string of the molecule is CCCCCCc1c(C)c2ccc(OCC(=O)c3ccc(Cl)cc3)c(C)c2oc1=O. The number of carbonyl (C=O) groups excluding carboxylic acids is 1. The van der Waals surface area contributed by atoms with Crippen LogP contribution < -0.4 is 10.4 Å². The standard InChI is InChI=1S/C25H27ClO4/c1-4-5-6-7-8-21-16(2)20-13-14-23(17(3)24(20)30-25(21)28)29-15-22(27)18-9-11-19(26)12-10-18/h9-14H,4-8,15H2,1-3H3. The summed E-state index contributed by atoms with van der Waals surface area (Å²) < 4.78 is 11.4. The molecule has 0 radical (unpaired) electrons. The first-order valence-electron chi connectivity index (χ1n) is 10.4. The fourth-order valence-electron chi connectivity index (χ4n) is 3.61. The number of aryl methyl sites for hydroxylation is 2. The third kappa shape index (κ3) is 4.93. The molecular formula is C25H27ClO4. The predicted octanol–water partition coefficient (Wildman–Crippen LogP) is 6.45. The van der Waals surface area contributed by atoms with Crippen molar-refractivity contribution < 1.29 is 13.9 Å². The first kappa shape index (κ1) is 22.1. The molecule has 2 aromatic carbocycles. The Hall–Kier alpha value is -2.59. The quantitative estimate of drug-likeness (QED) is 0.224. The van der Waals surface area contributed by atoms with Crippen molar-refractivity contribution in [1.82, 2.24) is 0 Å². The predicted molar refractivity (Wildman–Crippen MR) is 121 cm³/mol. The second-order valence-electron chi connectivity index (χ2n) is 7.59. The van der Waals surface area contributed by atoms with Crippen LogP contribution in [0.2, 0.25) is 5.02 Å². The van der Waals surface area contributed by atoms with Crippen molar-refractivity contribution in [3.63, 3.8) is 0 Å². The number of Topliss-reactive ketones (excluding diaryl/α,β-unsaturated/α-hetero) is 1. The van der Waals surface area contributed by atoms with E-state index in [0.29, 0.717) is 27.5 Å². The lowest BCUT2D eigenvalue weighted by atomic mass is 9.99. The van der Waals surface area contributed by atoms with Gasteiger partial charge in [0.05, 0.1) is 0 Å². The van der Waals surface area contributed by atoms with Gasteiger partial charge in [-0.1, -0.05) is 37.8 Å². The minimum absolute atomic E-state index is 0.104. The van der Waals surface area contributed by atoms with Crippen LogP contribution in [0, 0.1) is 13.8 Å². The zero-order valence-electron chi connectivity index (χ0n) is 17.7. The van der Waals surface area contributed by atoms with Crippen LogP contribution >= 0.6 is 11.6 Å². The molecule has 158 valence electrons. The number of fused-ring (bicyclic) bond motifs is 1. The topological polar surface area (TPSA) is 56.5 Å². The van der Waals surface area contributed by atoms with Crippen molar-refractivity contribution in [2.24, 2.45) is 0 Å². The molecule has 4 nitrogen and oxygen atoms in total. The number of hydrogen-bond acceptors (Lipinski definition) is 4. The molecule has 1 aromatic heterocycles. The van der Waals surface area contributed by atoms with E-state index < -0.39 is 0 Å². The van der Waals surface area contributed by atoms with Crippen molar-refractivity contribution in [1.29, 1.82) is 0 Å². The Morgan fingerprint density at radius 2 is 1.73 bits per heavy atom. The lowest BCUT2D eigenvalue weighted by Gasteiger charge is -2.13. The van der Waals surface area contributed by atoms with Crippen molar-refractivity contribution in [2.45, 2.75) is 52.9 Å². The van der Waals surface area contributed by atoms with Gasteiger partial charge < -0.3 is 9.15 Å². The Morgan fingerprint density at radius 1 is 1.00 bits per heavy atom. The summed E-state index contributed by atoms with van der Waals surface area (Å²) in [4.78, 5) is 24.9. The molecule has 3 aromatic rings. The van der Waals surface area contributed by atoms with Crippen molar-refractivity contribution in [3.8, 4) is 5.75 Å². The van der Waals surface area contributed by atoms with Crippen LogP contribution in [0.15, 0.2) is 45.6 Å². The van der Waals surface area contributed by atoms with Gasteiger partial charge in [0.1, 0.15) is 11.3 Å². The van der Waals surface area contributed by atoms with E-state index >= 15 is 0 Å². The average molecular weight is 427 g/mol. The lowest BCUT2D eigenvalue weighted by Crippen LogP contribution is -2.13. The van der Waals surface area contributed by atoms with Gasteiger partial charge in [0, 0.05) is 27.1 Å². The highest BCUT2D eigenvalue weighted by Crippen LogP contribution is 2.30. The summed E-state index contributed by atoms with van der Waals surface area (Å²) in [5.74, 6) is 0.384. The molecule has 1 heterocycles. The molecule has 0 amide bonds. The van der Waals surface area contributed by atoms with E-state index in [1.807, 2.05) is 26.0 Å². The molecule has 0 saturated carbocycles. The summed E-state index contributed by atoms with van der Waals surface area (Å²) in [6.07, 6.45) is 5.16. The maximum atomic E-state index is 12.6. The largest absolute Gasteiger partial charge is 0.485 e. The first-order chi connectivity index (χ1) is 14.4. The molecule has 0 atom stereocenters. The summed E-state index contributed by atoms with van der Waals surface area (Å²) >= 11 is 5.87. The average Bonchev–Trinajstić information content (AvgIpc) is 2.73. The number of benzene rings is 2. The fraction of sp³-hybridized carbons (Fsp3) is 0.360. The van der Waals surface area contributed by atoms with Crippen LogP contribution in [0.3, 0.4) is 0 Å². The van der Waals surface area contributed by atoms with Crippen molar-refractivity contribution in [2.75, 3.05) is 6.61 Å². The normalized spacial score (nSPS) is 11.1. The molecule has 0 unspecified atom stereocenters. The molecule has 0 aliphatic heterocycles. The van der Waals surface area contributed by atoms with E-state index in [-0.39, 0.29) is 18.0 Å². The van der Waals surface area contributed by atoms with E-state index in [2.05, 4.69) is 6.92 Å². The number of ether oxygens (including phenoxy) is 1. The summed E-state index contributed by atoms with van der Waals surface area (Å²) in [5, 5.41) is 1.49. The fourth-order valence-corrected chi connectivity index (χ4v) is 3.73. The van der Waals surface area contributed by atoms with E-state index in [9.17, 15) is 9.59 Å². The Labute approximate surface area is 181 Å². The summed E-state index contributed by atoms with van der Waals surface area (Å²) in [7, 11) is 0. The van der Waals surface area contributed by atoms with Gasteiger partial charge in [-0.15, -0.1) is 0 Å². The van der Waals surface area contributed by atoms with E-state index in [0.717, 1.165) is 42.2 Å². The maximum Gasteiger partial charge on any atom is 0.339 e. The molecule has 0 bridgehead atoms. The first-order valence-corrected chi connectivity index (χ1v) is 10.8. The molecule has 0 aliphatic rings. The molecule has 0 spiro atoms. The highest BCUT2D eigenvalue weighted by atomic mass is 35.5. The molecule has 30 heavy (non-hydrogen) atoms. The van der Waals surface area contributed by atoms with Gasteiger partial charge in [0.25, 0.3) is 0 Å². The molecule has 0 fully saturated rings. The Kier molecular flexibility index (Phi) is 7.33. The van der Waals surface area contributed by atoms with Gasteiger partial charge in [-0.05, 0) is 68.7 Å². The van der Waals surface area contributed by atoms with E-state index in [1.165, 1.54) is 6.42 Å². The Morgan fingerprint density at radius 3 is 2.43 bits per heavy atom. The van der Waals surface area contributed by atoms with Gasteiger partial charge >= 0.3 is 5.63 Å². The van der Waals surface area contributed by atoms with E-state index in [4.69, 9.17) is 20.8 Å². The van der Waals surface area contributed by atoms with Crippen LogP contribution in [-0.4, -0.2) is 12.4 Å². The van der Waals surface area contributed by atoms with Crippen LogP contribution in [0.4, 0.5) is 0 Å². The van der Waals surface area contributed by atoms with Crippen molar-refractivity contribution >= 4 is 28.4 Å². The number of unbranched alkanes of at least 4 members (excludes halogenated alkanes) is 3. The second kappa shape index (κ2) is 9.94. The molecule has 5 heteroatoms. The number of ketones is 1. The summed E-state index contributed by atoms with van der Waals surface area (Å²) in [5.41, 5.74) is 3.21. The maximum absolute atomic E-state index is 12.6. The van der Waals surface area contributed by atoms with Crippen molar-refractivity contribution in [3.05, 3.63) is 74.1 Å². The minimum Gasteiger partial charge on any atom is -0.485 e. The Bertz CT molecular complexity index is 1100. The van der Waals surface area contributed by atoms with Gasteiger partial charge in [-0.25, -0.2) is 4.79 Å². The highest BCUT2D eigenvalue weighted by Gasteiger charge is 2.16. The van der Waals surface area contributed by atoms with E-state index in [1.54, 1.807) is 24.3 Å². The monoisotopic (exact) mass is 426 g/mol. The van der Waals surface area contributed by atoms with Gasteiger partial charge in [-0.3, -0.25) is 4.79 Å². The highest BCUT2D eigenvalue weighted by molar-refractivity contribution is 6.30. The number of carbonyl (C=O) groups is 1.